The average Bonchev–Trinajstić information content (AvgIpc) is 2.75. The van der Waals surface area contributed by atoms with Crippen LogP contribution in [0.2, 0.25) is 0 Å². The van der Waals surface area contributed by atoms with Crippen molar-refractivity contribution in [2.24, 2.45) is 0 Å². The summed E-state index contributed by atoms with van der Waals surface area (Å²) < 4.78 is 0.554. The molecule has 0 aliphatic carbocycles. The quantitative estimate of drug-likeness (QED) is 0.258. The SMILES string of the molecule is CCCCCN1C(=O)/C(=C/c2cccc([N+](=O)[O-])c2)SC1=S. The van der Waals surface area contributed by atoms with Gasteiger partial charge in [0.15, 0.2) is 0 Å². The number of benzene rings is 1. The Bertz CT molecular complexity index is 643. The van der Waals surface area contributed by atoms with E-state index in [0.717, 1.165) is 19.3 Å². The van der Waals surface area contributed by atoms with Crippen LogP contribution in [0.15, 0.2) is 29.2 Å². The van der Waals surface area contributed by atoms with Crippen molar-refractivity contribution in [2.75, 3.05) is 6.54 Å². The number of thiocarbonyl (C=S) groups is 1. The summed E-state index contributed by atoms with van der Waals surface area (Å²) in [4.78, 5) is 24.8. The summed E-state index contributed by atoms with van der Waals surface area (Å²) in [6.45, 7) is 2.73. The first-order valence-electron chi connectivity index (χ1n) is 7.02. The Morgan fingerprint density at radius 3 is 2.86 bits per heavy atom. The molecular weight excluding hydrogens is 320 g/mol. The monoisotopic (exact) mass is 336 g/mol. The smallest absolute Gasteiger partial charge is 0.270 e. The number of unbranched alkanes of at least 4 members (excludes halogenated alkanes) is 2. The molecule has 1 aliphatic rings. The number of carbonyl (C=O) groups excluding carboxylic acids is 1. The lowest BCUT2D eigenvalue weighted by Crippen LogP contribution is -2.28. The van der Waals surface area contributed by atoms with Crippen molar-refractivity contribution < 1.29 is 9.72 Å². The molecule has 2 rings (SSSR count). The molecule has 1 heterocycles. The van der Waals surface area contributed by atoms with Crippen molar-refractivity contribution in [2.45, 2.75) is 26.2 Å². The largest absolute Gasteiger partial charge is 0.293 e. The Balaban J connectivity index is 2.15. The number of thioether (sulfide) groups is 1. The molecular formula is C15H16N2O3S2. The molecule has 1 aliphatic heterocycles. The van der Waals surface area contributed by atoms with Gasteiger partial charge in [0.1, 0.15) is 4.32 Å². The number of nitro groups is 1. The lowest BCUT2D eigenvalue weighted by molar-refractivity contribution is -0.384. The molecule has 1 aromatic rings. The zero-order chi connectivity index (χ0) is 16.1. The van der Waals surface area contributed by atoms with Gasteiger partial charge in [-0.25, -0.2) is 0 Å². The van der Waals surface area contributed by atoms with E-state index in [1.807, 2.05) is 0 Å². The third kappa shape index (κ3) is 3.92. The average molecular weight is 336 g/mol. The Morgan fingerprint density at radius 2 is 2.18 bits per heavy atom. The van der Waals surface area contributed by atoms with Crippen LogP contribution in [-0.2, 0) is 4.79 Å². The van der Waals surface area contributed by atoms with Gasteiger partial charge in [-0.1, -0.05) is 55.9 Å². The molecule has 0 aromatic heterocycles. The summed E-state index contributed by atoms with van der Waals surface area (Å²) in [5.41, 5.74) is 0.635. The maximum absolute atomic E-state index is 12.3. The molecule has 0 saturated carbocycles. The summed E-state index contributed by atoms with van der Waals surface area (Å²) >= 11 is 6.49. The fraction of sp³-hybridized carbons (Fsp3) is 0.333. The molecule has 1 amide bonds. The normalized spacial score (nSPS) is 16.6. The standard InChI is InChI=1S/C15H16N2O3S2/c1-2-3-4-8-16-14(18)13(22-15(16)21)10-11-6-5-7-12(9-11)17(19)20/h5-7,9-10H,2-4,8H2,1H3/b13-10-. The van der Waals surface area contributed by atoms with Gasteiger partial charge in [-0.05, 0) is 18.1 Å². The van der Waals surface area contributed by atoms with Crippen LogP contribution in [0.3, 0.4) is 0 Å². The van der Waals surface area contributed by atoms with Crippen LogP contribution in [0.4, 0.5) is 5.69 Å². The van der Waals surface area contributed by atoms with Crippen LogP contribution in [0.1, 0.15) is 31.7 Å². The molecule has 116 valence electrons. The van der Waals surface area contributed by atoms with Gasteiger partial charge in [0.25, 0.3) is 11.6 Å². The zero-order valence-corrected chi connectivity index (χ0v) is 13.8. The summed E-state index contributed by atoms with van der Waals surface area (Å²) in [7, 11) is 0. The lowest BCUT2D eigenvalue weighted by Gasteiger charge is -2.13. The Hall–Kier alpha value is -1.73. The van der Waals surface area contributed by atoms with Crippen LogP contribution in [0, 0.1) is 10.1 Å². The maximum atomic E-state index is 12.3. The van der Waals surface area contributed by atoms with Gasteiger partial charge in [0, 0.05) is 18.7 Å². The predicted octanol–water partition coefficient (Wildman–Crippen LogP) is 3.99. The van der Waals surface area contributed by atoms with Crippen LogP contribution in [0.5, 0.6) is 0 Å². The van der Waals surface area contributed by atoms with Gasteiger partial charge in [0.05, 0.1) is 9.83 Å². The Labute approximate surface area is 138 Å². The first-order chi connectivity index (χ1) is 10.5. The fourth-order valence-corrected chi connectivity index (χ4v) is 3.40. The number of hydrogen-bond donors (Lipinski definition) is 0. The highest BCUT2D eigenvalue weighted by Crippen LogP contribution is 2.33. The van der Waals surface area contributed by atoms with Gasteiger partial charge >= 0.3 is 0 Å². The highest BCUT2D eigenvalue weighted by atomic mass is 32.2. The summed E-state index contributed by atoms with van der Waals surface area (Å²) in [5.74, 6) is -0.113. The minimum absolute atomic E-state index is 0.00664. The highest BCUT2D eigenvalue weighted by Gasteiger charge is 2.31. The van der Waals surface area contributed by atoms with Crippen LogP contribution in [0.25, 0.3) is 6.08 Å². The third-order valence-corrected chi connectivity index (χ3v) is 4.62. The van der Waals surface area contributed by atoms with Crippen molar-refractivity contribution in [3.8, 4) is 0 Å². The molecule has 1 saturated heterocycles. The molecule has 0 unspecified atom stereocenters. The second kappa shape index (κ2) is 7.51. The fourth-order valence-electron chi connectivity index (χ4n) is 2.09. The minimum Gasteiger partial charge on any atom is -0.293 e. The van der Waals surface area contributed by atoms with E-state index < -0.39 is 4.92 Å². The molecule has 1 fully saturated rings. The lowest BCUT2D eigenvalue weighted by atomic mass is 10.2. The number of amides is 1. The van der Waals surface area contributed by atoms with E-state index in [4.69, 9.17) is 12.2 Å². The molecule has 0 spiro atoms. The summed E-state index contributed by atoms with van der Waals surface area (Å²) in [6, 6.07) is 6.21. The van der Waals surface area contributed by atoms with E-state index in [1.54, 1.807) is 23.1 Å². The summed E-state index contributed by atoms with van der Waals surface area (Å²) in [6.07, 6.45) is 4.72. The van der Waals surface area contributed by atoms with Crippen molar-refractivity contribution in [3.63, 3.8) is 0 Å². The first-order valence-corrected chi connectivity index (χ1v) is 8.25. The Kier molecular flexibility index (Phi) is 5.68. The number of nitrogens with zero attached hydrogens (tertiary/aromatic N) is 2. The molecule has 0 atom stereocenters. The van der Waals surface area contributed by atoms with Crippen LogP contribution >= 0.6 is 24.0 Å². The minimum atomic E-state index is -0.451. The number of rotatable bonds is 6. The zero-order valence-electron chi connectivity index (χ0n) is 12.2. The number of non-ortho nitro benzene ring substituents is 1. The first kappa shape index (κ1) is 16.6. The van der Waals surface area contributed by atoms with Gasteiger partial charge in [-0.3, -0.25) is 19.8 Å². The second-order valence-electron chi connectivity index (χ2n) is 4.89. The van der Waals surface area contributed by atoms with Gasteiger partial charge in [0.2, 0.25) is 0 Å². The van der Waals surface area contributed by atoms with Crippen molar-refractivity contribution in [1.82, 2.24) is 4.90 Å². The molecule has 0 radical (unpaired) electrons. The van der Waals surface area contributed by atoms with Crippen LogP contribution in [-0.4, -0.2) is 26.6 Å². The molecule has 5 nitrogen and oxygen atoms in total. The van der Waals surface area contributed by atoms with Crippen molar-refractivity contribution in [1.29, 1.82) is 0 Å². The number of hydrogen-bond acceptors (Lipinski definition) is 5. The predicted molar refractivity (Wildman–Crippen MR) is 92.5 cm³/mol. The molecule has 7 heteroatoms. The number of nitro benzene ring substituents is 1. The van der Waals surface area contributed by atoms with Gasteiger partial charge < -0.3 is 0 Å². The van der Waals surface area contributed by atoms with Crippen molar-refractivity contribution >= 4 is 46.0 Å². The second-order valence-corrected chi connectivity index (χ2v) is 6.57. The van der Waals surface area contributed by atoms with E-state index in [-0.39, 0.29) is 11.6 Å². The summed E-state index contributed by atoms with van der Waals surface area (Å²) in [5, 5.41) is 10.8. The van der Waals surface area contributed by atoms with E-state index in [0.29, 0.717) is 21.3 Å². The van der Waals surface area contributed by atoms with Crippen molar-refractivity contribution in [3.05, 3.63) is 44.8 Å². The van der Waals surface area contributed by atoms with E-state index >= 15 is 0 Å². The van der Waals surface area contributed by atoms with Gasteiger partial charge in [-0.2, -0.15) is 0 Å². The topological polar surface area (TPSA) is 63.5 Å². The van der Waals surface area contributed by atoms with E-state index in [1.165, 1.54) is 23.9 Å². The van der Waals surface area contributed by atoms with Crippen LogP contribution < -0.4 is 0 Å². The Morgan fingerprint density at radius 1 is 1.41 bits per heavy atom. The highest BCUT2D eigenvalue weighted by molar-refractivity contribution is 8.26. The van der Waals surface area contributed by atoms with E-state index in [2.05, 4.69) is 6.92 Å². The molecule has 22 heavy (non-hydrogen) atoms. The number of carbonyl (C=O) groups is 1. The molecule has 0 bridgehead atoms. The molecule has 0 N–H and O–H groups in total. The van der Waals surface area contributed by atoms with E-state index in [9.17, 15) is 14.9 Å². The molecule has 1 aromatic carbocycles. The van der Waals surface area contributed by atoms with Gasteiger partial charge in [-0.15, -0.1) is 0 Å². The third-order valence-electron chi connectivity index (χ3n) is 3.24. The maximum Gasteiger partial charge on any atom is 0.270 e.